The van der Waals surface area contributed by atoms with Crippen molar-refractivity contribution in [3.8, 4) is 11.6 Å². The van der Waals surface area contributed by atoms with Crippen LogP contribution in [0.1, 0.15) is 90.2 Å². The molecule has 1 aliphatic carbocycles. The van der Waals surface area contributed by atoms with Gasteiger partial charge in [0.25, 0.3) is 0 Å². The first-order valence-electron chi connectivity index (χ1n) is 15.6. The second kappa shape index (κ2) is 13.8. The van der Waals surface area contributed by atoms with Gasteiger partial charge in [-0.2, -0.15) is 0 Å². The van der Waals surface area contributed by atoms with E-state index in [1.54, 1.807) is 4.90 Å². The van der Waals surface area contributed by atoms with Crippen molar-refractivity contribution in [3.05, 3.63) is 29.3 Å². The Morgan fingerprint density at radius 1 is 1.09 bits per heavy atom. The molecule has 2 heterocycles. The summed E-state index contributed by atoms with van der Waals surface area (Å²) in [6.07, 6.45) is 5.80. The lowest BCUT2D eigenvalue weighted by Crippen LogP contribution is -2.44. The largest absolute Gasteiger partial charge is 0.492 e. The monoisotopic (exact) mass is 596 g/mol. The molecule has 2 fully saturated rings. The number of benzene rings is 1. The molecule has 0 unspecified atom stereocenters. The summed E-state index contributed by atoms with van der Waals surface area (Å²) in [6.45, 7) is 10.9. The Bertz CT molecular complexity index is 1320. The molecular formula is C33H48N4O6. The predicted octanol–water partition coefficient (Wildman–Crippen LogP) is 5.19. The van der Waals surface area contributed by atoms with Crippen LogP contribution in [0.3, 0.4) is 0 Å². The first kappa shape index (κ1) is 32.4. The second-order valence-corrected chi connectivity index (χ2v) is 13.3. The van der Waals surface area contributed by atoms with Crippen LogP contribution in [0.2, 0.25) is 0 Å². The van der Waals surface area contributed by atoms with Gasteiger partial charge >= 0.3 is 6.09 Å². The molecule has 4 atom stereocenters. The fourth-order valence-electron chi connectivity index (χ4n) is 5.89. The summed E-state index contributed by atoms with van der Waals surface area (Å²) in [5.41, 5.74) is 13.4. The molecule has 4 rings (SSSR count). The number of hydrogen-bond donors (Lipinski definition) is 2. The highest BCUT2D eigenvalue weighted by atomic mass is 16.6. The van der Waals surface area contributed by atoms with Crippen LogP contribution in [0.5, 0.6) is 11.6 Å². The Labute approximate surface area is 254 Å². The van der Waals surface area contributed by atoms with E-state index in [-0.39, 0.29) is 24.0 Å². The summed E-state index contributed by atoms with van der Waals surface area (Å²) in [5.74, 6) is 1.03. The van der Waals surface area contributed by atoms with E-state index in [0.29, 0.717) is 37.7 Å². The molecule has 4 N–H and O–H groups in total. The molecule has 10 nitrogen and oxygen atoms in total. The van der Waals surface area contributed by atoms with Gasteiger partial charge in [0.15, 0.2) is 0 Å². The van der Waals surface area contributed by atoms with Gasteiger partial charge in [-0.1, -0.05) is 46.6 Å². The van der Waals surface area contributed by atoms with Crippen molar-refractivity contribution in [1.82, 2.24) is 9.88 Å². The van der Waals surface area contributed by atoms with E-state index >= 15 is 0 Å². The van der Waals surface area contributed by atoms with Gasteiger partial charge in [-0.3, -0.25) is 9.59 Å². The Balaban J connectivity index is 1.55. The molecule has 0 bridgehead atoms. The van der Waals surface area contributed by atoms with Crippen LogP contribution in [-0.4, -0.2) is 59.2 Å². The zero-order valence-corrected chi connectivity index (χ0v) is 26.3. The molecule has 1 aromatic heterocycles. The molecule has 2 aromatic rings. The lowest BCUT2D eigenvalue weighted by Gasteiger charge is -2.26. The third-order valence-electron chi connectivity index (χ3n) is 8.10. The summed E-state index contributed by atoms with van der Waals surface area (Å²) in [5, 5.41) is 0.939. The number of carbonyl (C=O) groups excluding carboxylic acids is 3. The van der Waals surface area contributed by atoms with Crippen molar-refractivity contribution in [3.63, 3.8) is 0 Å². The van der Waals surface area contributed by atoms with Gasteiger partial charge in [-0.05, 0) is 68.1 Å². The number of aromatic nitrogens is 1. The molecule has 0 radical (unpaired) electrons. The van der Waals surface area contributed by atoms with E-state index in [4.69, 9.17) is 30.7 Å². The Kier molecular flexibility index (Phi) is 10.4. The van der Waals surface area contributed by atoms with Crippen molar-refractivity contribution in [2.24, 2.45) is 22.8 Å². The smallest absolute Gasteiger partial charge is 0.404 e. The molecule has 1 aromatic carbocycles. The molecule has 1 saturated heterocycles. The first-order chi connectivity index (χ1) is 20.4. The van der Waals surface area contributed by atoms with E-state index in [9.17, 15) is 14.4 Å². The SMILES string of the molecule is CCCOc1c(CCCCC[C@@H]2C[C@H]2OC(N)=O)c(O[C@@H]2C[C@@H](C(N)=O)N(C(=O)CC(C)(C)C)C2)nc2cc(C)ccc12. The molecule has 1 saturated carbocycles. The maximum Gasteiger partial charge on any atom is 0.404 e. The van der Waals surface area contributed by atoms with Crippen LogP contribution < -0.4 is 20.9 Å². The number of ether oxygens (including phenoxy) is 3. The number of aryl methyl sites for hydroxylation is 1. The molecule has 2 aliphatic rings. The topological polar surface area (TPSA) is 147 Å². The van der Waals surface area contributed by atoms with Gasteiger partial charge in [0.2, 0.25) is 17.7 Å². The van der Waals surface area contributed by atoms with E-state index in [1.807, 2.05) is 39.8 Å². The van der Waals surface area contributed by atoms with E-state index in [2.05, 4.69) is 13.0 Å². The Morgan fingerprint density at radius 3 is 2.53 bits per heavy atom. The fraction of sp³-hybridized carbons (Fsp3) is 0.636. The van der Waals surface area contributed by atoms with Crippen molar-refractivity contribution >= 4 is 28.8 Å². The number of fused-ring (bicyclic) bond motifs is 1. The summed E-state index contributed by atoms with van der Waals surface area (Å²) in [7, 11) is 0. The summed E-state index contributed by atoms with van der Waals surface area (Å²) in [6, 6.07) is 5.41. The predicted molar refractivity (Wildman–Crippen MR) is 165 cm³/mol. The molecule has 1 aliphatic heterocycles. The lowest BCUT2D eigenvalue weighted by atomic mass is 9.91. The quantitative estimate of drug-likeness (QED) is 0.285. The highest BCUT2D eigenvalue weighted by Gasteiger charge is 2.41. The van der Waals surface area contributed by atoms with E-state index in [0.717, 1.165) is 66.3 Å². The highest BCUT2D eigenvalue weighted by molar-refractivity contribution is 5.89. The number of likely N-dealkylation sites (tertiary alicyclic amines) is 1. The van der Waals surface area contributed by atoms with E-state index in [1.165, 1.54) is 0 Å². The van der Waals surface area contributed by atoms with Crippen LogP contribution in [0, 0.1) is 18.3 Å². The van der Waals surface area contributed by atoms with Crippen LogP contribution >= 0.6 is 0 Å². The minimum Gasteiger partial charge on any atom is -0.492 e. The Hall–Kier alpha value is -3.56. The molecule has 43 heavy (non-hydrogen) atoms. The fourth-order valence-corrected chi connectivity index (χ4v) is 5.89. The molecule has 10 heteroatoms. The van der Waals surface area contributed by atoms with Gasteiger partial charge < -0.3 is 30.6 Å². The number of primary amides is 2. The number of nitrogens with two attached hydrogens (primary N) is 2. The highest BCUT2D eigenvalue weighted by Crippen LogP contribution is 2.40. The maximum atomic E-state index is 13.1. The number of amides is 3. The van der Waals surface area contributed by atoms with E-state index < -0.39 is 24.1 Å². The van der Waals surface area contributed by atoms with Gasteiger partial charge in [-0.15, -0.1) is 0 Å². The molecule has 236 valence electrons. The third kappa shape index (κ3) is 8.74. The number of unbranched alkanes of at least 4 members (excludes halogenated alkanes) is 2. The zero-order valence-electron chi connectivity index (χ0n) is 26.3. The molecular weight excluding hydrogens is 548 g/mol. The second-order valence-electron chi connectivity index (χ2n) is 13.3. The minimum atomic E-state index is -0.716. The van der Waals surface area contributed by atoms with Gasteiger partial charge in [-0.25, -0.2) is 9.78 Å². The molecule has 0 spiro atoms. The number of pyridine rings is 1. The number of rotatable bonds is 14. The normalized spacial score (nSPS) is 21.6. The first-order valence-corrected chi connectivity index (χ1v) is 15.6. The van der Waals surface area contributed by atoms with Crippen molar-refractivity contribution in [1.29, 1.82) is 0 Å². The van der Waals surface area contributed by atoms with Crippen LogP contribution in [-0.2, 0) is 20.7 Å². The summed E-state index contributed by atoms with van der Waals surface area (Å²) >= 11 is 0. The number of carbonyl (C=O) groups is 3. The van der Waals surface area contributed by atoms with Gasteiger partial charge in [0.1, 0.15) is 24.0 Å². The van der Waals surface area contributed by atoms with Crippen LogP contribution in [0.25, 0.3) is 10.9 Å². The number of nitrogens with zero attached hydrogens (tertiary/aromatic N) is 2. The summed E-state index contributed by atoms with van der Waals surface area (Å²) in [4.78, 5) is 43.0. The maximum absolute atomic E-state index is 13.1. The zero-order chi connectivity index (χ0) is 31.3. The van der Waals surface area contributed by atoms with Crippen molar-refractivity contribution < 1.29 is 28.6 Å². The van der Waals surface area contributed by atoms with Crippen molar-refractivity contribution in [2.45, 2.75) is 111 Å². The van der Waals surface area contributed by atoms with Crippen molar-refractivity contribution in [2.75, 3.05) is 13.2 Å². The average molecular weight is 597 g/mol. The molecule has 3 amide bonds. The van der Waals surface area contributed by atoms with Gasteiger partial charge in [0, 0.05) is 18.2 Å². The number of hydrogen-bond acceptors (Lipinski definition) is 7. The summed E-state index contributed by atoms with van der Waals surface area (Å²) < 4.78 is 18.0. The minimum absolute atomic E-state index is 0.0369. The third-order valence-corrected chi connectivity index (χ3v) is 8.10. The standard InChI is InChI=1S/C33H48N4O6/c1-6-14-41-29-23-13-12-20(2)15-25(23)36-31(24(29)11-9-7-8-10-21-16-27(21)43-32(35)40)42-22-17-26(30(34)39)37(19-22)28(38)18-33(3,4)5/h12-13,15,21-22,26-27H,6-11,14,16-19H2,1-5H3,(H2,34,39)(H2,35,40)/t21-,22-,26+,27-/m1/s1. The van der Waals surface area contributed by atoms with Crippen LogP contribution in [0.15, 0.2) is 18.2 Å². The lowest BCUT2D eigenvalue weighted by molar-refractivity contribution is -0.138. The average Bonchev–Trinajstić information content (AvgIpc) is 3.48. The van der Waals surface area contributed by atoms with Crippen LogP contribution in [0.4, 0.5) is 4.79 Å². The van der Waals surface area contributed by atoms with Gasteiger partial charge in [0.05, 0.1) is 24.2 Å². The Morgan fingerprint density at radius 2 is 1.86 bits per heavy atom.